The largest absolute Gasteiger partial charge is 0.457 e. The Labute approximate surface area is 174 Å². The average Bonchev–Trinajstić information content (AvgIpc) is 2.73. The van der Waals surface area contributed by atoms with Gasteiger partial charge in [0.05, 0.1) is 17.5 Å². The van der Waals surface area contributed by atoms with E-state index in [-0.39, 0.29) is 11.4 Å². The number of nitrogens with one attached hydrogen (secondary N) is 1. The van der Waals surface area contributed by atoms with Crippen LogP contribution in [0.2, 0.25) is 0 Å². The standard InChI is InChI=1S/C22H19FN2O4S/c1-25(30(27,28)16-12-10-15(23)11-13-16)14-21(26)24-22-17-6-2-4-8-19(17)29-20-9-5-3-7-18(20)22/h2-13,22H,14H2,1H3,(H,24,26). The topological polar surface area (TPSA) is 75.7 Å². The minimum Gasteiger partial charge on any atom is -0.457 e. The number of likely N-dealkylation sites (N-methyl/N-ethyl adjacent to an activating group) is 1. The molecule has 0 fully saturated rings. The molecule has 8 heteroatoms. The maximum Gasteiger partial charge on any atom is 0.243 e. The number of carbonyl (C=O) groups excluding carboxylic acids is 1. The maximum atomic E-state index is 13.1. The average molecular weight is 426 g/mol. The number of amides is 1. The van der Waals surface area contributed by atoms with Crippen molar-refractivity contribution in [3.63, 3.8) is 0 Å². The van der Waals surface area contributed by atoms with Gasteiger partial charge < -0.3 is 10.1 Å². The Morgan fingerprint density at radius 1 is 0.967 bits per heavy atom. The molecule has 4 rings (SSSR count). The molecule has 0 saturated carbocycles. The van der Waals surface area contributed by atoms with Gasteiger partial charge in [0, 0.05) is 18.2 Å². The Kier molecular flexibility index (Phi) is 5.27. The second-order valence-electron chi connectivity index (χ2n) is 6.89. The normalized spacial score (nSPS) is 13.3. The zero-order valence-corrected chi connectivity index (χ0v) is 16.9. The summed E-state index contributed by atoms with van der Waals surface area (Å²) in [4.78, 5) is 12.7. The Hall–Kier alpha value is -3.23. The lowest BCUT2D eigenvalue weighted by Gasteiger charge is -2.29. The molecule has 154 valence electrons. The third-order valence-electron chi connectivity index (χ3n) is 4.87. The molecule has 3 aromatic carbocycles. The van der Waals surface area contributed by atoms with Crippen LogP contribution in [-0.4, -0.2) is 32.2 Å². The van der Waals surface area contributed by atoms with Crippen molar-refractivity contribution in [3.05, 3.63) is 89.7 Å². The molecule has 0 unspecified atom stereocenters. The smallest absolute Gasteiger partial charge is 0.243 e. The molecule has 3 aromatic rings. The molecule has 1 N–H and O–H groups in total. The van der Waals surface area contributed by atoms with Crippen molar-refractivity contribution in [2.75, 3.05) is 13.6 Å². The van der Waals surface area contributed by atoms with Gasteiger partial charge in [0.2, 0.25) is 15.9 Å². The fourth-order valence-electron chi connectivity index (χ4n) is 3.35. The molecule has 1 aliphatic heterocycles. The van der Waals surface area contributed by atoms with Gasteiger partial charge in [-0.2, -0.15) is 4.31 Å². The summed E-state index contributed by atoms with van der Waals surface area (Å²) >= 11 is 0. The highest BCUT2D eigenvalue weighted by Crippen LogP contribution is 2.42. The number of hydrogen-bond acceptors (Lipinski definition) is 4. The first kappa shape index (κ1) is 20.1. The first-order chi connectivity index (χ1) is 14.4. The summed E-state index contributed by atoms with van der Waals surface area (Å²) in [5.41, 5.74) is 1.57. The van der Waals surface area contributed by atoms with Crippen molar-refractivity contribution in [1.82, 2.24) is 9.62 Å². The fraction of sp³-hybridized carbons (Fsp3) is 0.136. The summed E-state index contributed by atoms with van der Waals surface area (Å²) in [6.45, 7) is -0.387. The molecule has 1 amide bonds. The van der Waals surface area contributed by atoms with Gasteiger partial charge in [-0.25, -0.2) is 12.8 Å². The summed E-state index contributed by atoms with van der Waals surface area (Å²) < 4.78 is 45.3. The van der Waals surface area contributed by atoms with Gasteiger partial charge >= 0.3 is 0 Å². The van der Waals surface area contributed by atoms with Crippen LogP contribution in [0.3, 0.4) is 0 Å². The van der Waals surface area contributed by atoms with Gasteiger partial charge in [-0.1, -0.05) is 36.4 Å². The molecule has 0 aliphatic carbocycles. The van der Waals surface area contributed by atoms with E-state index >= 15 is 0 Å². The molecule has 0 saturated heterocycles. The number of benzene rings is 3. The zero-order chi connectivity index (χ0) is 21.3. The summed E-state index contributed by atoms with van der Waals surface area (Å²) in [6.07, 6.45) is 0. The quantitative estimate of drug-likeness (QED) is 0.678. The van der Waals surface area contributed by atoms with E-state index in [1.807, 2.05) is 48.5 Å². The lowest BCUT2D eigenvalue weighted by Crippen LogP contribution is -2.40. The van der Waals surface area contributed by atoms with Crippen molar-refractivity contribution in [1.29, 1.82) is 0 Å². The highest BCUT2D eigenvalue weighted by molar-refractivity contribution is 7.89. The van der Waals surface area contributed by atoms with E-state index in [4.69, 9.17) is 4.74 Å². The first-order valence-electron chi connectivity index (χ1n) is 9.23. The van der Waals surface area contributed by atoms with Crippen LogP contribution < -0.4 is 10.1 Å². The molecule has 0 bridgehead atoms. The van der Waals surface area contributed by atoms with Gasteiger partial charge in [0.1, 0.15) is 17.3 Å². The molecular weight excluding hydrogens is 407 g/mol. The van der Waals surface area contributed by atoms with Gasteiger partial charge in [0.25, 0.3) is 0 Å². The van der Waals surface area contributed by atoms with Gasteiger partial charge in [0.15, 0.2) is 0 Å². The molecule has 30 heavy (non-hydrogen) atoms. The molecular formula is C22H19FN2O4S. The molecule has 1 heterocycles. The van der Waals surface area contributed by atoms with E-state index in [0.29, 0.717) is 11.5 Å². The number of nitrogens with zero attached hydrogens (tertiary/aromatic N) is 1. The van der Waals surface area contributed by atoms with E-state index in [0.717, 1.165) is 27.6 Å². The van der Waals surface area contributed by atoms with Gasteiger partial charge in [-0.3, -0.25) is 4.79 Å². The number of halogens is 1. The van der Waals surface area contributed by atoms with Crippen LogP contribution in [0.15, 0.2) is 77.7 Å². The molecule has 1 aliphatic rings. The molecule has 0 spiro atoms. The lowest BCUT2D eigenvalue weighted by molar-refractivity contribution is -0.121. The van der Waals surface area contributed by atoms with Crippen LogP contribution >= 0.6 is 0 Å². The maximum absolute atomic E-state index is 13.1. The Bertz CT molecular complexity index is 1150. The van der Waals surface area contributed by atoms with Gasteiger partial charge in [-0.05, 0) is 36.4 Å². The summed E-state index contributed by atoms with van der Waals surface area (Å²) in [7, 11) is -2.62. The van der Waals surface area contributed by atoms with Crippen LogP contribution in [0.25, 0.3) is 0 Å². The minimum atomic E-state index is -3.93. The zero-order valence-electron chi connectivity index (χ0n) is 16.1. The van der Waals surface area contributed by atoms with Crippen LogP contribution in [0.5, 0.6) is 11.5 Å². The van der Waals surface area contributed by atoms with Crippen LogP contribution in [0.1, 0.15) is 17.2 Å². The molecule has 0 aromatic heterocycles. The third kappa shape index (κ3) is 3.79. The number of sulfonamides is 1. The van der Waals surface area contributed by atoms with Gasteiger partial charge in [-0.15, -0.1) is 0 Å². The first-order valence-corrected chi connectivity index (χ1v) is 10.7. The lowest BCUT2D eigenvalue weighted by atomic mass is 9.94. The van der Waals surface area contributed by atoms with Crippen molar-refractivity contribution in [3.8, 4) is 11.5 Å². The van der Waals surface area contributed by atoms with E-state index in [1.165, 1.54) is 19.2 Å². The Morgan fingerprint density at radius 2 is 1.50 bits per heavy atom. The molecule has 6 nitrogen and oxygen atoms in total. The highest BCUT2D eigenvalue weighted by Gasteiger charge is 2.29. The monoisotopic (exact) mass is 426 g/mol. The fourth-order valence-corrected chi connectivity index (χ4v) is 4.47. The van der Waals surface area contributed by atoms with E-state index < -0.39 is 27.8 Å². The van der Waals surface area contributed by atoms with E-state index in [1.54, 1.807) is 0 Å². The Morgan fingerprint density at radius 3 is 2.07 bits per heavy atom. The second kappa shape index (κ2) is 7.89. The van der Waals surface area contributed by atoms with Crippen LogP contribution in [0, 0.1) is 5.82 Å². The number of para-hydroxylation sites is 2. The van der Waals surface area contributed by atoms with Crippen LogP contribution in [-0.2, 0) is 14.8 Å². The van der Waals surface area contributed by atoms with E-state index in [9.17, 15) is 17.6 Å². The predicted molar refractivity (Wildman–Crippen MR) is 109 cm³/mol. The predicted octanol–water partition coefficient (Wildman–Crippen LogP) is 3.46. The number of hydrogen-bond donors (Lipinski definition) is 1. The molecule has 0 radical (unpaired) electrons. The third-order valence-corrected chi connectivity index (χ3v) is 6.69. The minimum absolute atomic E-state index is 0.0824. The Balaban J connectivity index is 1.55. The number of fused-ring (bicyclic) bond motifs is 2. The number of ether oxygens (including phenoxy) is 1. The van der Waals surface area contributed by atoms with Crippen LogP contribution in [0.4, 0.5) is 4.39 Å². The number of carbonyl (C=O) groups is 1. The SMILES string of the molecule is CN(CC(=O)NC1c2ccccc2Oc2ccccc21)S(=O)(=O)c1ccc(F)cc1. The number of rotatable bonds is 5. The summed E-state index contributed by atoms with van der Waals surface area (Å²) in [6, 6.07) is 18.7. The summed E-state index contributed by atoms with van der Waals surface area (Å²) in [5, 5.41) is 2.91. The second-order valence-corrected chi connectivity index (χ2v) is 8.94. The van der Waals surface area contributed by atoms with Crippen molar-refractivity contribution in [2.24, 2.45) is 0 Å². The van der Waals surface area contributed by atoms with Crippen molar-refractivity contribution in [2.45, 2.75) is 10.9 Å². The highest BCUT2D eigenvalue weighted by atomic mass is 32.2. The van der Waals surface area contributed by atoms with E-state index in [2.05, 4.69) is 5.32 Å². The van der Waals surface area contributed by atoms with Crippen molar-refractivity contribution < 1.29 is 22.3 Å². The van der Waals surface area contributed by atoms with Crippen molar-refractivity contribution >= 4 is 15.9 Å². The molecule has 0 atom stereocenters. The summed E-state index contributed by atoms with van der Waals surface area (Å²) in [5.74, 6) is 0.258.